The third kappa shape index (κ3) is 4.80. The Balaban J connectivity index is 2.14. The minimum atomic E-state index is -4.26. The highest BCUT2D eigenvalue weighted by Gasteiger charge is 2.19. The summed E-state index contributed by atoms with van der Waals surface area (Å²) in [7, 11) is -4.26. The molecule has 0 aliphatic rings. The van der Waals surface area contributed by atoms with Crippen LogP contribution in [0.4, 0.5) is 10.5 Å². The van der Waals surface area contributed by atoms with Crippen LogP contribution in [0.1, 0.15) is 28.4 Å². The van der Waals surface area contributed by atoms with Crippen LogP contribution < -0.4 is 14.2 Å². The normalized spacial score (nSPS) is 10.8. The molecule has 0 atom stereocenters. The molecular formula is C17H18N2O5S. The molecule has 2 aromatic carbocycles. The molecule has 2 aromatic rings. The van der Waals surface area contributed by atoms with E-state index in [2.05, 4.69) is 4.72 Å². The van der Waals surface area contributed by atoms with Gasteiger partial charge < -0.3 is 4.74 Å². The van der Waals surface area contributed by atoms with Gasteiger partial charge in [-0.2, -0.15) is 8.42 Å². The minimum absolute atomic E-state index is 0.0716. The molecular weight excluding hydrogens is 344 g/mol. The number of rotatable bonds is 5. The average molecular weight is 362 g/mol. The van der Waals surface area contributed by atoms with Crippen molar-refractivity contribution in [1.82, 2.24) is 4.72 Å². The van der Waals surface area contributed by atoms with Gasteiger partial charge >= 0.3 is 16.3 Å². The van der Waals surface area contributed by atoms with Crippen molar-refractivity contribution >= 4 is 27.8 Å². The van der Waals surface area contributed by atoms with Gasteiger partial charge in [-0.15, -0.1) is 0 Å². The summed E-state index contributed by atoms with van der Waals surface area (Å²) in [6.45, 7) is 4.80. The maximum Gasteiger partial charge on any atom is 0.427 e. The van der Waals surface area contributed by atoms with Crippen molar-refractivity contribution < 1.29 is 22.7 Å². The molecule has 0 fully saturated rings. The lowest BCUT2D eigenvalue weighted by Crippen LogP contribution is -2.37. The second-order valence-corrected chi connectivity index (χ2v) is 6.83. The lowest BCUT2D eigenvalue weighted by atomic mass is 10.1. The lowest BCUT2D eigenvalue weighted by molar-refractivity contribution is 0.101. The number of Topliss-reactive ketones (excluding diaryl/α,β-unsaturated/α-hetero) is 1. The number of hydrogen-bond donors (Lipinski definition) is 2. The highest BCUT2D eigenvalue weighted by atomic mass is 32.2. The van der Waals surface area contributed by atoms with Gasteiger partial charge in [0.05, 0.1) is 5.69 Å². The van der Waals surface area contributed by atoms with Crippen molar-refractivity contribution in [2.45, 2.75) is 20.8 Å². The zero-order valence-electron chi connectivity index (χ0n) is 14.0. The molecule has 8 heteroatoms. The number of hydrogen-bond acceptors (Lipinski definition) is 5. The van der Waals surface area contributed by atoms with E-state index in [0.29, 0.717) is 16.9 Å². The molecule has 0 heterocycles. The zero-order chi connectivity index (χ0) is 18.6. The van der Waals surface area contributed by atoms with Gasteiger partial charge in [0.1, 0.15) is 5.75 Å². The number of carbonyl (C=O) groups excluding carboxylic acids is 2. The predicted octanol–water partition coefficient (Wildman–Crippen LogP) is 2.95. The van der Waals surface area contributed by atoms with Gasteiger partial charge in [-0.1, -0.05) is 30.3 Å². The minimum Gasteiger partial charge on any atom is -0.409 e. The third-order valence-corrected chi connectivity index (χ3v) is 4.30. The largest absolute Gasteiger partial charge is 0.427 e. The molecule has 0 aliphatic carbocycles. The van der Waals surface area contributed by atoms with Crippen LogP contribution in [0, 0.1) is 13.8 Å². The highest BCUT2D eigenvalue weighted by molar-refractivity contribution is 7.91. The Morgan fingerprint density at radius 3 is 2.16 bits per heavy atom. The maximum absolute atomic E-state index is 12.1. The topological polar surface area (TPSA) is 102 Å². The summed E-state index contributed by atoms with van der Waals surface area (Å²) in [6.07, 6.45) is -1.15. The van der Waals surface area contributed by atoms with E-state index in [1.165, 1.54) is 19.1 Å². The summed E-state index contributed by atoms with van der Waals surface area (Å²) in [5.74, 6) is -0.0178. The number of nitrogens with one attached hydrogen (secondary N) is 2. The Hall–Kier alpha value is -2.87. The predicted molar refractivity (Wildman–Crippen MR) is 94.1 cm³/mol. The first kappa shape index (κ1) is 18.5. The van der Waals surface area contributed by atoms with Crippen molar-refractivity contribution in [3.05, 3.63) is 59.2 Å². The lowest BCUT2D eigenvalue weighted by Gasteiger charge is -2.13. The molecule has 25 heavy (non-hydrogen) atoms. The standard InChI is InChI=1S/C17H18N2O5S/c1-11-7-6-8-12(2)16(11)24-17(21)19-25(22,23)18-15-10-5-4-9-14(15)13(3)20/h4-10,18H,1-3H3,(H,19,21). The van der Waals surface area contributed by atoms with E-state index in [1.54, 1.807) is 48.9 Å². The number of carbonyl (C=O) groups is 2. The van der Waals surface area contributed by atoms with E-state index in [0.717, 1.165) is 0 Å². The van der Waals surface area contributed by atoms with Crippen LogP contribution in [0.25, 0.3) is 0 Å². The van der Waals surface area contributed by atoms with Gasteiger partial charge in [0.15, 0.2) is 5.78 Å². The number of para-hydroxylation sites is 2. The van der Waals surface area contributed by atoms with Crippen LogP contribution in [0.15, 0.2) is 42.5 Å². The van der Waals surface area contributed by atoms with Crippen LogP contribution in [-0.4, -0.2) is 20.3 Å². The zero-order valence-corrected chi connectivity index (χ0v) is 14.8. The molecule has 0 spiro atoms. The fourth-order valence-corrected chi connectivity index (χ4v) is 3.01. The monoisotopic (exact) mass is 362 g/mol. The van der Waals surface area contributed by atoms with Gasteiger partial charge in [-0.3, -0.25) is 9.52 Å². The second kappa shape index (κ2) is 7.35. The summed E-state index contributed by atoms with van der Waals surface area (Å²) >= 11 is 0. The first-order chi connectivity index (χ1) is 11.7. The quantitative estimate of drug-likeness (QED) is 0.796. The van der Waals surface area contributed by atoms with Gasteiger partial charge in [0.25, 0.3) is 0 Å². The van der Waals surface area contributed by atoms with Gasteiger partial charge in [0, 0.05) is 5.56 Å². The molecule has 0 unspecified atom stereocenters. The van der Waals surface area contributed by atoms with Crippen molar-refractivity contribution in [2.75, 3.05) is 4.72 Å². The van der Waals surface area contributed by atoms with Crippen molar-refractivity contribution in [3.63, 3.8) is 0 Å². The van der Waals surface area contributed by atoms with Crippen molar-refractivity contribution in [3.8, 4) is 5.75 Å². The van der Waals surface area contributed by atoms with E-state index < -0.39 is 16.3 Å². The molecule has 0 radical (unpaired) electrons. The van der Waals surface area contributed by atoms with Crippen LogP contribution in [0.3, 0.4) is 0 Å². The molecule has 0 aliphatic heterocycles. The molecule has 0 aromatic heterocycles. The SMILES string of the molecule is CC(=O)c1ccccc1NS(=O)(=O)NC(=O)Oc1c(C)cccc1C. The van der Waals surface area contributed by atoms with E-state index in [-0.39, 0.29) is 17.0 Å². The van der Waals surface area contributed by atoms with Crippen LogP contribution in [-0.2, 0) is 10.2 Å². The molecule has 0 saturated carbocycles. The van der Waals surface area contributed by atoms with Crippen molar-refractivity contribution in [2.24, 2.45) is 0 Å². The van der Waals surface area contributed by atoms with Crippen LogP contribution >= 0.6 is 0 Å². The van der Waals surface area contributed by atoms with Crippen molar-refractivity contribution in [1.29, 1.82) is 0 Å². The summed E-state index contributed by atoms with van der Waals surface area (Å²) in [5.41, 5.74) is 1.66. The Morgan fingerprint density at radius 1 is 0.960 bits per heavy atom. The molecule has 2 N–H and O–H groups in total. The number of benzene rings is 2. The van der Waals surface area contributed by atoms with E-state index in [4.69, 9.17) is 4.74 Å². The Labute approximate surface area is 146 Å². The maximum atomic E-state index is 12.1. The van der Waals surface area contributed by atoms with Gasteiger partial charge in [-0.25, -0.2) is 9.52 Å². The van der Waals surface area contributed by atoms with E-state index in [9.17, 15) is 18.0 Å². The average Bonchev–Trinajstić information content (AvgIpc) is 2.50. The summed E-state index contributed by atoms with van der Waals surface area (Å²) in [4.78, 5) is 23.5. The molecule has 2 rings (SSSR count). The summed E-state index contributed by atoms with van der Waals surface area (Å²) < 4.78 is 33.2. The molecule has 0 saturated heterocycles. The fraction of sp³-hybridized carbons (Fsp3) is 0.176. The summed E-state index contributed by atoms with van der Waals surface area (Å²) in [5, 5.41) is 0. The first-order valence-corrected chi connectivity index (χ1v) is 8.86. The summed E-state index contributed by atoms with van der Waals surface area (Å²) in [6, 6.07) is 11.4. The van der Waals surface area contributed by atoms with Gasteiger partial charge in [0.2, 0.25) is 0 Å². The Kier molecular flexibility index (Phi) is 5.43. The van der Waals surface area contributed by atoms with E-state index in [1.807, 2.05) is 0 Å². The third-order valence-electron chi connectivity index (χ3n) is 3.37. The van der Waals surface area contributed by atoms with Crippen LogP contribution in [0.5, 0.6) is 5.75 Å². The number of anilines is 1. The molecule has 0 bridgehead atoms. The first-order valence-electron chi connectivity index (χ1n) is 7.38. The number of aryl methyl sites for hydroxylation is 2. The number of ketones is 1. The number of amides is 1. The number of ether oxygens (including phenoxy) is 1. The Morgan fingerprint density at radius 2 is 1.56 bits per heavy atom. The molecule has 132 valence electrons. The Bertz CT molecular complexity index is 902. The highest BCUT2D eigenvalue weighted by Crippen LogP contribution is 2.22. The molecule has 1 amide bonds. The fourth-order valence-electron chi connectivity index (χ4n) is 2.23. The van der Waals surface area contributed by atoms with Crippen LogP contribution in [0.2, 0.25) is 0 Å². The van der Waals surface area contributed by atoms with Gasteiger partial charge in [-0.05, 0) is 44.0 Å². The molecule has 7 nitrogen and oxygen atoms in total. The second-order valence-electron chi connectivity index (χ2n) is 5.42. The smallest absolute Gasteiger partial charge is 0.409 e. The van der Waals surface area contributed by atoms with E-state index >= 15 is 0 Å².